The molecule has 100 valence electrons. The molecule has 0 aromatic rings. The maximum absolute atomic E-state index is 3.84. The third kappa shape index (κ3) is 4.78. The fraction of sp³-hybridized carbons (Fsp3) is 0.857. The molecule has 0 amide bonds. The number of piperazine rings is 1. The van der Waals surface area contributed by atoms with E-state index in [1.807, 2.05) is 6.08 Å². The molecule has 0 aromatic heterocycles. The van der Waals surface area contributed by atoms with E-state index < -0.39 is 0 Å². The monoisotopic (exact) mass is 239 g/mol. The van der Waals surface area contributed by atoms with Gasteiger partial charge >= 0.3 is 0 Å². The number of nitrogens with one attached hydrogen (secondary N) is 1. The molecule has 1 fully saturated rings. The molecular formula is C14H29N3. The SMILES string of the molecule is C=CCCC(NCCC)C1CN(C)CCN1C. The highest BCUT2D eigenvalue weighted by Gasteiger charge is 2.28. The number of likely N-dealkylation sites (N-methyl/N-ethyl adjacent to an activating group) is 2. The third-order valence-corrected chi connectivity index (χ3v) is 3.70. The summed E-state index contributed by atoms with van der Waals surface area (Å²) in [7, 11) is 4.48. The van der Waals surface area contributed by atoms with Gasteiger partial charge in [-0.25, -0.2) is 0 Å². The smallest absolute Gasteiger partial charge is 0.0374 e. The average molecular weight is 239 g/mol. The molecule has 1 saturated heterocycles. The maximum Gasteiger partial charge on any atom is 0.0374 e. The first-order valence-electron chi connectivity index (χ1n) is 6.92. The molecule has 17 heavy (non-hydrogen) atoms. The van der Waals surface area contributed by atoms with Gasteiger partial charge in [0.1, 0.15) is 0 Å². The molecule has 1 N–H and O–H groups in total. The fourth-order valence-corrected chi connectivity index (χ4v) is 2.54. The Morgan fingerprint density at radius 2 is 2.18 bits per heavy atom. The number of allylic oxidation sites excluding steroid dienone is 1. The Morgan fingerprint density at radius 3 is 2.82 bits per heavy atom. The first-order chi connectivity index (χ1) is 8.19. The molecule has 2 unspecified atom stereocenters. The fourth-order valence-electron chi connectivity index (χ4n) is 2.54. The summed E-state index contributed by atoms with van der Waals surface area (Å²) in [5.41, 5.74) is 0. The van der Waals surface area contributed by atoms with Crippen molar-refractivity contribution in [2.24, 2.45) is 0 Å². The molecular weight excluding hydrogens is 210 g/mol. The second-order valence-corrected chi connectivity index (χ2v) is 5.24. The van der Waals surface area contributed by atoms with Crippen LogP contribution < -0.4 is 5.32 Å². The lowest BCUT2D eigenvalue weighted by atomic mass is 9.99. The van der Waals surface area contributed by atoms with E-state index in [0.29, 0.717) is 12.1 Å². The van der Waals surface area contributed by atoms with E-state index in [4.69, 9.17) is 0 Å². The van der Waals surface area contributed by atoms with Crippen LogP contribution in [0.1, 0.15) is 26.2 Å². The van der Waals surface area contributed by atoms with Crippen molar-refractivity contribution in [1.82, 2.24) is 15.1 Å². The van der Waals surface area contributed by atoms with Gasteiger partial charge in [0.15, 0.2) is 0 Å². The zero-order chi connectivity index (χ0) is 12.7. The van der Waals surface area contributed by atoms with Gasteiger partial charge in [-0.1, -0.05) is 13.0 Å². The van der Waals surface area contributed by atoms with E-state index >= 15 is 0 Å². The number of hydrogen-bond acceptors (Lipinski definition) is 3. The van der Waals surface area contributed by atoms with Crippen molar-refractivity contribution in [1.29, 1.82) is 0 Å². The molecule has 0 radical (unpaired) electrons. The second-order valence-electron chi connectivity index (χ2n) is 5.24. The van der Waals surface area contributed by atoms with Crippen LogP contribution in [0.5, 0.6) is 0 Å². The summed E-state index contributed by atoms with van der Waals surface area (Å²) < 4.78 is 0. The van der Waals surface area contributed by atoms with Crippen LogP contribution in [0, 0.1) is 0 Å². The molecule has 2 atom stereocenters. The lowest BCUT2D eigenvalue weighted by Crippen LogP contribution is -2.58. The molecule has 0 saturated carbocycles. The van der Waals surface area contributed by atoms with Crippen LogP contribution >= 0.6 is 0 Å². The van der Waals surface area contributed by atoms with Crippen molar-refractivity contribution in [2.45, 2.75) is 38.3 Å². The minimum Gasteiger partial charge on any atom is -0.312 e. The highest BCUT2D eigenvalue weighted by Crippen LogP contribution is 2.14. The van der Waals surface area contributed by atoms with Gasteiger partial charge in [0.2, 0.25) is 0 Å². The second kappa shape index (κ2) is 7.85. The van der Waals surface area contributed by atoms with Crippen LogP contribution in [0.3, 0.4) is 0 Å². The molecule has 0 aromatic carbocycles. The summed E-state index contributed by atoms with van der Waals surface area (Å²) >= 11 is 0. The molecule has 3 heteroatoms. The summed E-state index contributed by atoms with van der Waals surface area (Å²) in [6.45, 7) is 10.7. The van der Waals surface area contributed by atoms with Crippen molar-refractivity contribution in [3.05, 3.63) is 12.7 Å². The zero-order valence-electron chi connectivity index (χ0n) is 11.8. The number of hydrogen-bond donors (Lipinski definition) is 1. The van der Waals surface area contributed by atoms with Crippen molar-refractivity contribution in [3.63, 3.8) is 0 Å². The Bertz CT molecular complexity index is 218. The molecule has 0 bridgehead atoms. The van der Waals surface area contributed by atoms with Crippen LogP contribution in [0.2, 0.25) is 0 Å². The molecule has 3 nitrogen and oxygen atoms in total. The Morgan fingerprint density at radius 1 is 1.41 bits per heavy atom. The average Bonchev–Trinajstić information content (AvgIpc) is 2.33. The predicted octanol–water partition coefficient (Wildman–Crippen LogP) is 1.57. The van der Waals surface area contributed by atoms with Gasteiger partial charge in [-0.2, -0.15) is 0 Å². The van der Waals surface area contributed by atoms with Crippen molar-refractivity contribution < 1.29 is 0 Å². The van der Waals surface area contributed by atoms with E-state index in [1.54, 1.807) is 0 Å². The largest absolute Gasteiger partial charge is 0.312 e. The summed E-state index contributed by atoms with van der Waals surface area (Å²) in [5.74, 6) is 0. The number of rotatable bonds is 7. The Kier molecular flexibility index (Phi) is 6.78. The van der Waals surface area contributed by atoms with Gasteiger partial charge in [0.25, 0.3) is 0 Å². The van der Waals surface area contributed by atoms with Crippen LogP contribution in [0.25, 0.3) is 0 Å². The van der Waals surface area contributed by atoms with Gasteiger partial charge in [0, 0.05) is 31.7 Å². The Balaban J connectivity index is 2.54. The van der Waals surface area contributed by atoms with Gasteiger partial charge < -0.3 is 10.2 Å². The highest BCUT2D eigenvalue weighted by atomic mass is 15.3. The lowest BCUT2D eigenvalue weighted by molar-refractivity contribution is 0.0855. The molecule has 1 aliphatic heterocycles. The topological polar surface area (TPSA) is 18.5 Å². The van der Waals surface area contributed by atoms with Gasteiger partial charge in [-0.05, 0) is 39.9 Å². The Labute approximate surface area is 107 Å². The predicted molar refractivity (Wildman–Crippen MR) is 75.4 cm³/mol. The van der Waals surface area contributed by atoms with E-state index in [-0.39, 0.29) is 0 Å². The molecule has 0 spiro atoms. The lowest BCUT2D eigenvalue weighted by Gasteiger charge is -2.42. The molecule has 0 aliphatic carbocycles. The highest BCUT2D eigenvalue weighted by molar-refractivity contribution is 4.90. The minimum absolute atomic E-state index is 0.598. The normalized spacial score (nSPS) is 24.8. The molecule has 1 rings (SSSR count). The van der Waals surface area contributed by atoms with Crippen LogP contribution in [0.4, 0.5) is 0 Å². The van der Waals surface area contributed by atoms with E-state index in [9.17, 15) is 0 Å². The first kappa shape index (κ1) is 14.7. The van der Waals surface area contributed by atoms with E-state index in [1.165, 1.54) is 32.5 Å². The first-order valence-corrected chi connectivity index (χ1v) is 6.92. The van der Waals surface area contributed by atoms with Gasteiger partial charge in [-0.15, -0.1) is 6.58 Å². The summed E-state index contributed by atoms with van der Waals surface area (Å²) in [5, 5.41) is 3.71. The van der Waals surface area contributed by atoms with Crippen LogP contribution in [-0.4, -0.2) is 62.2 Å². The molecule has 1 aliphatic rings. The minimum atomic E-state index is 0.598. The van der Waals surface area contributed by atoms with Crippen molar-refractivity contribution >= 4 is 0 Å². The Hall–Kier alpha value is -0.380. The van der Waals surface area contributed by atoms with Crippen molar-refractivity contribution in [3.8, 4) is 0 Å². The summed E-state index contributed by atoms with van der Waals surface area (Å²) in [4.78, 5) is 4.95. The maximum atomic E-state index is 3.84. The van der Waals surface area contributed by atoms with Crippen LogP contribution in [0.15, 0.2) is 12.7 Å². The summed E-state index contributed by atoms with van der Waals surface area (Å²) in [6.07, 6.45) is 5.55. The third-order valence-electron chi connectivity index (χ3n) is 3.70. The van der Waals surface area contributed by atoms with Gasteiger partial charge in [0.05, 0.1) is 0 Å². The quantitative estimate of drug-likeness (QED) is 0.680. The van der Waals surface area contributed by atoms with E-state index in [2.05, 4.69) is 42.7 Å². The zero-order valence-corrected chi connectivity index (χ0v) is 11.8. The van der Waals surface area contributed by atoms with E-state index in [0.717, 1.165) is 13.0 Å². The number of nitrogens with zero attached hydrogens (tertiary/aromatic N) is 2. The van der Waals surface area contributed by atoms with Crippen molar-refractivity contribution in [2.75, 3.05) is 40.3 Å². The van der Waals surface area contributed by atoms with Gasteiger partial charge in [-0.3, -0.25) is 4.90 Å². The summed E-state index contributed by atoms with van der Waals surface area (Å²) in [6, 6.07) is 1.24. The molecule has 1 heterocycles. The standard InChI is InChI=1S/C14H29N3/c1-5-7-8-13(15-9-6-2)14-12-16(3)10-11-17(14)4/h5,13-15H,1,6-12H2,2-4H3. The van der Waals surface area contributed by atoms with Crippen LogP contribution in [-0.2, 0) is 0 Å².